The van der Waals surface area contributed by atoms with Gasteiger partial charge < -0.3 is 9.47 Å². The van der Waals surface area contributed by atoms with Gasteiger partial charge in [-0.15, -0.1) is 13.2 Å². The lowest BCUT2D eigenvalue weighted by Gasteiger charge is -2.13. The van der Waals surface area contributed by atoms with Gasteiger partial charge in [0.25, 0.3) is 0 Å². The van der Waals surface area contributed by atoms with Gasteiger partial charge in [-0.2, -0.15) is 0 Å². The Morgan fingerprint density at radius 3 is 2.63 bits per heavy atom. The highest BCUT2D eigenvalue weighted by Crippen LogP contribution is 2.27. The van der Waals surface area contributed by atoms with Crippen LogP contribution < -0.4 is 4.74 Å². The number of ether oxygens (including phenoxy) is 2. The van der Waals surface area contributed by atoms with Crippen LogP contribution in [0.4, 0.5) is 13.2 Å². The Morgan fingerprint density at radius 2 is 2.11 bits per heavy atom. The third-order valence-corrected chi connectivity index (χ3v) is 3.14. The first-order chi connectivity index (χ1) is 8.73. The van der Waals surface area contributed by atoms with Gasteiger partial charge in [-0.25, -0.2) is 4.98 Å². The first kappa shape index (κ1) is 16.0. The van der Waals surface area contributed by atoms with Crippen molar-refractivity contribution in [1.82, 2.24) is 4.98 Å². The Bertz CT molecular complexity index is 477. The second-order valence-corrected chi connectivity index (χ2v) is 4.71. The summed E-state index contributed by atoms with van der Waals surface area (Å²) < 4.78 is 45.9. The molecule has 0 spiro atoms. The zero-order valence-electron chi connectivity index (χ0n) is 10.2. The Labute approximate surface area is 121 Å². The van der Waals surface area contributed by atoms with Crippen molar-refractivity contribution < 1.29 is 27.4 Å². The smallest absolute Gasteiger partial charge is 0.466 e. The van der Waals surface area contributed by atoms with E-state index in [-0.39, 0.29) is 18.6 Å². The summed E-state index contributed by atoms with van der Waals surface area (Å²) in [6.45, 7) is 3.33. The number of nitrogens with zero attached hydrogens (tertiary/aromatic N) is 1. The van der Waals surface area contributed by atoms with Crippen molar-refractivity contribution in [1.29, 1.82) is 0 Å². The van der Waals surface area contributed by atoms with Gasteiger partial charge in [0.1, 0.15) is 0 Å². The highest BCUT2D eigenvalue weighted by Gasteiger charge is 2.33. The fourth-order valence-electron chi connectivity index (χ4n) is 1.29. The number of aromatic nitrogens is 1. The van der Waals surface area contributed by atoms with Gasteiger partial charge in [-0.1, -0.05) is 0 Å². The van der Waals surface area contributed by atoms with Gasteiger partial charge in [-0.3, -0.25) is 4.79 Å². The summed E-state index contributed by atoms with van der Waals surface area (Å²) in [6, 6.07) is 1.43. The summed E-state index contributed by atoms with van der Waals surface area (Å²) in [5.74, 6) is -1.24. The minimum absolute atomic E-state index is 0.0470. The van der Waals surface area contributed by atoms with Crippen LogP contribution in [-0.2, 0) is 16.0 Å². The standard InChI is InChI=1S/C11H11F3INO3/c1-3-18-9(17)5-7-4-8(15)6(2)16-10(7)19-11(12,13)14/h4H,3,5H2,1-2H3. The monoisotopic (exact) mass is 389 g/mol. The number of alkyl halides is 3. The van der Waals surface area contributed by atoms with E-state index in [1.165, 1.54) is 6.07 Å². The number of rotatable bonds is 4. The number of hydrogen-bond donors (Lipinski definition) is 0. The Morgan fingerprint density at radius 1 is 1.47 bits per heavy atom. The summed E-state index contributed by atoms with van der Waals surface area (Å²) in [7, 11) is 0. The van der Waals surface area contributed by atoms with E-state index in [9.17, 15) is 18.0 Å². The molecule has 0 unspecified atom stereocenters. The first-order valence-electron chi connectivity index (χ1n) is 5.30. The number of hydrogen-bond acceptors (Lipinski definition) is 4. The van der Waals surface area contributed by atoms with E-state index in [1.807, 2.05) is 22.6 Å². The average Bonchev–Trinajstić information content (AvgIpc) is 2.23. The predicted octanol–water partition coefficient (Wildman–Crippen LogP) is 3.00. The molecule has 0 saturated carbocycles. The lowest BCUT2D eigenvalue weighted by molar-refractivity contribution is -0.276. The second kappa shape index (κ2) is 6.40. The summed E-state index contributed by atoms with van der Waals surface area (Å²) in [4.78, 5) is 15.1. The van der Waals surface area contributed by atoms with Gasteiger partial charge in [0.05, 0.1) is 18.7 Å². The van der Waals surface area contributed by atoms with Crippen LogP contribution in [0.3, 0.4) is 0 Å². The van der Waals surface area contributed by atoms with Crippen LogP contribution in [0.2, 0.25) is 0 Å². The van der Waals surface area contributed by atoms with Gasteiger partial charge in [0.15, 0.2) is 0 Å². The van der Waals surface area contributed by atoms with Gasteiger partial charge in [0, 0.05) is 9.13 Å². The fraction of sp³-hybridized carbons (Fsp3) is 0.455. The maximum atomic E-state index is 12.3. The number of carbonyl (C=O) groups is 1. The molecular formula is C11H11F3INO3. The molecule has 4 nitrogen and oxygen atoms in total. The molecule has 1 aromatic rings. The van der Waals surface area contributed by atoms with E-state index in [1.54, 1.807) is 13.8 Å². The first-order valence-corrected chi connectivity index (χ1v) is 6.38. The number of carbonyl (C=O) groups excluding carboxylic acids is 1. The molecular weight excluding hydrogens is 378 g/mol. The summed E-state index contributed by atoms with van der Waals surface area (Å²) >= 11 is 1.92. The Hall–Kier alpha value is -1.06. The molecule has 1 rings (SSSR count). The van der Waals surface area contributed by atoms with Crippen LogP contribution in [0.5, 0.6) is 5.88 Å². The van der Waals surface area contributed by atoms with E-state index in [2.05, 4.69) is 9.72 Å². The molecule has 0 aliphatic heterocycles. The fourth-order valence-corrected chi connectivity index (χ4v) is 1.79. The van der Waals surface area contributed by atoms with Crippen LogP contribution in [0.25, 0.3) is 0 Å². The van der Waals surface area contributed by atoms with E-state index in [0.29, 0.717) is 9.26 Å². The van der Waals surface area contributed by atoms with E-state index < -0.39 is 18.2 Å². The molecule has 1 aromatic heterocycles. The van der Waals surface area contributed by atoms with Crippen molar-refractivity contribution in [3.63, 3.8) is 0 Å². The molecule has 0 amide bonds. The van der Waals surface area contributed by atoms with Gasteiger partial charge in [0.2, 0.25) is 5.88 Å². The minimum atomic E-state index is -4.85. The van der Waals surface area contributed by atoms with Crippen LogP contribution in [0.15, 0.2) is 6.07 Å². The third-order valence-electron chi connectivity index (χ3n) is 2.04. The SMILES string of the molecule is CCOC(=O)Cc1cc(I)c(C)nc1OC(F)(F)F. The molecule has 1 heterocycles. The summed E-state index contributed by atoms with van der Waals surface area (Å²) in [5, 5.41) is 0. The van der Waals surface area contributed by atoms with Crippen molar-refractivity contribution in [3.05, 3.63) is 20.9 Å². The topological polar surface area (TPSA) is 48.4 Å². The van der Waals surface area contributed by atoms with Crippen molar-refractivity contribution in [3.8, 4) is 5.88 Å². The lowest BCUT2D eigenvalue weighted by atomic mass is 10.2. The number of pyridine rings is 1. The largest absolute Gasteiger partial charge is 0.574 e. The maximum absolute atomic E-state index is 12.3. The molecule has 106 valence electrons. The van der Waals surface area contributed by atoms with Gasteiger partial charge >= 0.3 is 12.3 Å². The molecule has 0 aliphatic rings. The van der Waals surface area contributed by atoms with Crippen molar-refractivity contribution >= 4 is 28.6 Å². The number of aryl methyl sites for hydroxylation is 1. The Balaban J connectivity index is 3.06. The van der Waals surface area contributed by atoms with E-state index >= 15 is 0 Å². The molecule has 0 N–H and O–H groups in total. The number of halogens is 4. The quantitative estimate of drug-likeness (QED) is 0.587. The van der Waals surface area contributed by atoms with Crippen molar-refractivity contribution in [2.75, 3.05) is 6.61 Å². The highest BCUT2D eigenvalue weighted by molar-refractivity contribution is 14.1. The second-order valence-electron chi connectivity index (χ2n) is 3.55. The molecule has 19 heavy (non-hydrogen) atoms. The molecule has 0 saturated heterocycles. The zero-order chi connectivity index (χ0) is 14.6. The van der Waals surface area contributed by atoms with Crippen molar-refractivity contribution in [2.45, 2.75) is 26.6 Å². The lowest BCUT2D eigenvalue weighted by Crippen LogP contribution is -2.20. The maximum Gasteiger partial charge on any atom is 0.574 e. The molecule has 0 fully saturated rings. The van der Waals surface area contributed by atoms with Crippen LogP contribution >= 0.6 is 22.6 Å². The minimum Gasteiger partial charge on any atom is -0.466 e. The van der Waals surface area contributed by atoms with E-state index in [4.69, 9.17) is 4.74 Å². The molecule has 0 atom stereocenters. The zero-order valence-corrected chi connectivity index (χ0v) is 12.3. The van der Waals surface area contributed by atoms with Crippen LogP contribution in [-0.4, -0.2) is 23.9 Å². The highest BCUT2D eigenvalue weighted by atomic mass is 127. The number of esters is 1. The molecule has 0 radical (unpaired) electrons. The van der Waals surface area contributed by atoms with Crippen LogP contribution in [0.1, 0.15) is 18.2 Å². The molecule has 8 heteroatoms. The third kappa shape index (κ3) is 5.21. The molecule has 0 aliphatic carbocycles. The molecule has 0 bridgehead atoms. The normalized spacial score (nSPS) is 11.3. The van der Waals surface area contributed by atoms with Gasteiger partial charge in [-0.05, 0) is 42.5 Å². The average molecular weight is 389 g/mol. The summed E-state index contributed by atoms with van der Waals surface area (Å²) in [5.41, 5.74) is 0.443. The molecule has 0 aromatic carbocycles. The van der Waals surface area contributed by atoms with Crippen molar-refractivity contribution in [2.24, 2.45) is 0 Å². The summed E-state index contributed by atoms with van der Waals surface area (Å²) in [6.07, 6.45) is -5.17. The Kier molecular flexibility index (Phi) is 5.39. The predicted molar refractivity (Wildman–Crippen MR) is 68.7 cm³/mol. The van der Waals surface area contributed by atoms with E-state index in [0.717, 1.165) is 0 Å². The van der Waals surface area contributed by atoms with Crippen LogP contribution in [0, 0.1) is 10.5 Å².